The van der Waals surface area contributed by atoms with Crippen molar-refractivity contribution in [1.82, 2.24) is 0 Å². The van der Waals surface area contributed by atoms with E-state index >= 15 is 0 Å². The minimum atomic E-state index is -2.29. The van der Waals surface area contributed by atoms with Crippen molar-refractivity contribution in [2.24, 2.45) is 0 Å². The van der Waals surface area contributed by atoms with Gasteiger partial charge in [-0.05, 0) is 37.5 Å². The fourth-order valence-electron chi connectivity index (χ4n) is 3.86. The van der Waals surface area contributed by atoms with Crippen LogP contribution in [0.1, 0.15) is 48.7 Å². The third kappa shape index (κ3) is 3.68. The number of esters is 1. The highest BCUT2D eigenvalue weighted by Crippen LogP contribution is 2.48. The van der Waals surface area contributed by atoms with Gasteiger partial charge in [0.1, 0.15) is 10.8 Å². The number of hydrogen-bond donors (Lipinski definition) is 1. The zero-order valence-electron chi connectivity index (χ0n) is 17.3. The Balaban J connectivity index is 2.09. The first-order valence-corrected chi connectivity index (χ1v) is 10.6. The van der Waals surface area contributed by atoms with E-state index in [0.29, 0.717) is 12.0 Å². The Bertz CT molecular complexity index is 1050. The molecule has 2 atom stereocenters. The molecule has 0 amide bonds. The topological polar surface area (TPSA) is 89.9 Å². The fraction of sp³-hybridized carbons (Fsp3) is 0.348. The van der Waals surface area contributed by atoms with Gasteiger partial charge in [-0.3, -0.25) is 4.79 Å². The van der Waals surface area contributed by atoms with Crippen LogP contribution >= 0.6 is 23.2 Å². The second-order valence-electron chi connectivity index (χ2n) is 7.55. The van der Waals surface area contributed by atoms with Crippen molar-refractivity contribution in [3.8, 4) is 5.75 Å². The summed E-state index contributed by atoms with van der Waals surface area (Å²) in [4.78, 5) is 37.7. The lowest BCUT2D eigenvalue weighted by Crippen LogP contribution is -2.52. The van der Waals surface area contributed by atoms with Crippen molar-refractivity contribution in [2.45, 2.75) is 44.6 Å². The number of ketones is 1. The molecule has 0 bridgehead atoms. The second kappa shape index (κ2) is 8.52. The molecule has 6 nitrogen and oxygen atoms in total. The monoisotopic (exact) mass is 464 g/mol. The number of hydrogen-bond acceptors (Lipinski definition) is 5. The molecule has 31 heavy (non-hydrogen) atoms. The molecule has 0 heterocycles. The largest absolute Gasteiger partial charge is 0.478 e. The zero-order valence-corrected chi connectivity index (χ0v) is 18.8. The summed E-state index contributed by atoms with van der Waals surface area (Å²) in [6.07, 6.45) is 0.122. The maximum atomic E-state index is 13.3. The van der Waals surface area contributed by atoms with Crippen LogP contribution in [0.2, 0.25) is 10.0 Å². The summed E-state index contributed by atoms with van der Waals surface area (Å²) in [6, 6.07) is 10.8. The van der Waals surface area contributed by atoms with E-state index in [4.69, 9.17) is 32.7 Å². The SMILES string of the molecule is CCOC(=O)C(CC)(Oc1cc2c(c(Cl)c1Cl)C(=O)C(C)(c1ccccc1)C2)C(=O)O. The highest BCUT2D eigenvalue weighted by atomic mass is 35.5. The van der Waals surface area contributed by atoms with Gasteiger partial charge in [0.05, 0.1) is 17.0 Å². The Morgan fingerprint density at radius 2 is 1.81 bits per heavy atom. The summed E-state index contributed by atoms with van der Waals surface area (Å²) in [5.74, 6) is -2.82. The van der Waals surface area contributed by atoms with Crippen LogP contribution in [0.4, 0.5) is 0 Å². The predicted octanol–water partition coefficient (Wildman–Crippen LogP) is 4.87. The first-order valence-electron chi connectivity index (χ1n) is 9.83. The number of ether oxygens (including phenoxy) is 2. The van der Waals surface area contributed by atoms with E-state index in [0.717, 1.165) is 5.56 Å². The Labute approximate surface area is 190 Å². The Morgan fingerprint density at radius 1 is 1.16 bits per heavy atom. The first kappa shape index (κ1) is 23.1. The van der Waals surface area contributed by atoms with Crippen molar-refractivity contribution in [1.29, 1.82) is 0 Å². The number of carboxylic acids is 1. The lowest BCUT2D eigenvalue weighted by Gasteiger charge is -2.27. The number of halogens is 2. The third-order valence-corrected chi connectivity index (χ3v) is 6.52. The minimum Gasteiger partial charge on any atom is -0.478 e. The van der Waals surface area contributed by atoms with Gasteiger partial charge in [0.15, 0.2) is 5.78 Å². The molecule has 3 rings (SSSR count). The van der Waals surface area contributed by atoms with Gasteiger partial charge in [-0.2, -0.15) is 0 Å². The molecular weight excluding hydrogens is 443 g/mol. The van der Waals surface area contributed by atoms with Gasteiger partial charge in [0.2, 0.25) is 0 Å². The summed E-state index contributed by atoms with van der Waals surface area (Å²) < 4.78 is 10.6. The summed E-state index contributed by atoms with van der Waals surface area (Å²) >= 11 is 12.8. The zero-order chi connectivity index (χ0) is 23.0. The molecule has 0 aromatic heterocycles. The lowest BCUT2D eigenvalue weighted by molar-refractivity contribution is -0.176. The van der Waals surface area contributed by atoms with Crippen LogP contribution < -0.4 is 4.74 Å². The minimum absolute atomic E-state index is 0.0141. The van der Waals surface area contributed by atoms with Crippen LogP contribution in [0.5, 0.6) is 5.75 Å². The molecule has 0 radical (unpaired) electrons. The molecule has 2 aromatic carbocycles. The maximum absolute atomic E-state index is 13.3. The molecule has 2 aromatic rings. The van der Waals surface area contributed by atoms with Crippen molar-refractivity contribution in [2.75, 3.05) is 6.61 Å². The average molecular weight is 465 g/mol. The van der Waals surface area contributed by atoms with Crippen molar-refractivity contribution in [3.63, 3.8) is 0 Å². The number of carboxylic acid groups (broad SMARTS) is 1. The number of fused-ring (bicyclic) bond motifs is 1. The van der Waals surface area contributed by atoms with Crippen LogP contribution in [0.15, 0.2) is 36.4 Å². The number of carbonyl (C=O) groups excluding carboxylic acids is 2. The standard InChI is InChI=1S/C23H22Cl2O6/c1-4-23(20(27)28,21(29)30-5-2)31-15-11-13-12-22(3,14-9-7-6-8-10-14)19(26)16(13)18(25)17(15)24/h6-11H,4-5,12H2,1-3H3,(H,27,28). The lowest BCUT2D eigenvalue weighted by atomic mass is 9.79. The van der Waals surface area contributed by atoms with Gasteiger partial charge in [-0.15, -0.1) is 0 Å². The second-order valence-corrected chi connectivity index (χ2v) is 8.31. The van der Waals surface area contributed by atoms with Gasteiger partial charge in [0.25, 0.3) is 0 Å². The third-order valence-electron chi connectivity index (χ3n) is 5.67. The van der Waals surface area contributed by atoms with Gasteiger partial charge in [-0.25, -0.2) is 9.59 Å². The highest BCUT2D eigenvalue weighted by Gasteiger charge is 2.51. The molecule has 0 saturated heterocycles. The molecule has 8 heteroatoms. The molecular formula is C23H22Cl2O6. The van der Waals surface area contributed by atoms with E-state index < -0.39 is 23.0 Å². The summed E-state index contributed by atoms with van der Waals surface area (Å²) in [5, 5.41) is 9.59. The normalized spacial score (nSPS) is 19.5. The van der Waals surface area contributed by atoms with E-state index in [1.807, 2.05) is 37.3 Å². The average Bonchev–Trinajstić information content (AvgIpc) is 3.01. The van der Waals surface area contributed by atoms with Gasteiger partial charge >= 0.3 is 17.5 Å². The molecule has 1 aliphatic carbocycles. The van der Waals surface area contributed by atoms with E-state index in [1.54, 1.807) is 6.92 Å². The van der Waals surface area contributed by atoms with Gasteiger partial charge in [-0.1, -0.05) is 60.5 Å². The van der Waals surface area contributed by atoms with Crippen molar-refractivity contribution >= 4 is 40.9 Å². The number of benzene rings is 2. The molecule has 0 aliphatic heterocycles. The summed E-state index contributed by atoms with van der Waals surface area (Å²) in [7, 11) is 0. The number of rotatable bonds is 7. The van der Waals surface area contributed by atoms with Crippen LogP contribution in [-0.4, -0.2) is 35.0 Å². The molecule has 164 valence electrons. The molecule has 0 spiro atoms. The van der Waals surface area contributed by atoms with Crippen LogP contribution in [-0.2, 0) is 26.2 Å². The number of aliphatic carboxylic acids is 1. The quantitative estimate of drug-likeness (QED) is 0.464. The summed E-state index contributed by atoms with van der Waals surface area (Å²) in [5.41, 5.74) is -1.47. The summed E-state index contributed by atoms with van der Waals surface area (Å²) in [6.45, 7) is 4.86. The van der Waals surface area contributed by atoms with Crippen molar-refractivity contribution in [3.05, 3.63) is 63.1 Å². The Kier molecular flexibility index (Phi) is 6.35. The maximum Gasteiger partial charge on any atom is 0.362 e. The molecule has 2 unspecified atom stereocenters. The smallest absolute Gasteiger partial charge is 0.362 e. The molecule has 0 fully saturated rings. The van der Waals surface area contributed by atoms with Crippen molar-refractivity contribution < 1.29 is 29.0 Å². The number of Topliss-reactive ketones (excluding diaryl/α,β-unsaturated/α-hetero) is 1. The van der Waals surface area contributed by atoms with E-state index in [-0.39, 0.29) is 40.2 Å². The van der Waals surface area contributed by atoms with E-state index in [9.17, 15) is 19.5 Å². The van der Waals surface area contributed by atoms with Crippen LogP contribution in [0.25, 0.3) is 0 Å². The van der Waals surface area contributed by atoms with Gasteiger partial charge in [0, 0.05) is 12.0 Å². The van der Waals surface area contributed by atoms with Gasteiger partial charge < -0.3 is 14.6 Å². The Hall–Kier alpha value is -2.57. The molecule has 0 saturated carbocycles. The first-order chi connectivity index (χ1) is 14.6. The Morgan fingerprint density at radius 3 is 2.35 bits per heavy atom. The van der Waals surface area contributed by atoms with E-state index in [1.165, 1.54) is 13.0 Å². The molecule has 1 aliphatic rings. The van der Waals surface area contributed by atoms with E-state index in [2.05, 4.69) is 0 Å². The van der Waals surface area contributed by atoms with Crippen LogP contribution in [0.3, 0.4) is 0 Å². The molecule has 1 N–H and O–H groups in total. The predicted molar refractivity (Wildman–Crippen MR) is 116 cm³/mol. The highest BCUT2D eigenvalue weighted by molar-refractivity contribution is 6.45. The number of carbonyl (C=O) groups is 3. The fourth-order valence-corrected chi connectivity index (χ4v) is 4.35. The van der Waals surface area contributed by atoms with Crippen LogP contribution in [0, 0.1) is 0 Å².